The first-order valence-electron chi connectivity index (χ1n) is 12.1. The molecule has 1 aliphatic carbocycles. The number of anilines is 2. The Labute approximate surface area is 205 Å². The van der Waals surface area contributed by atoms with Gasteiger partial charge in [0.1, 0.15) is 10.8 Å². The van der Waals surface area contributed by atoms with Gasteiger partial charge in [0.15, 0.2) is 0 Å². The van der Waals surface area contributed by atoms with Crippen LogP contribution in [0.5, 0.6) is 5.75 Å². The fourth-order valence-corrected chi connectivity index (χ4v) is 5.62. The van der Waals surface area contributed by atoms with Crippen molar-refractivity contribution in [1.29, 1.82) is 0 Å². The first-order chi connectivity index (χ1) is 16.5. The second-order valence-corrected chi connectivity index (χ2v) is 10.0. The maximum Gasteiger partial charge on any atom is 0.258 e. The molecule has 1 aromatic heterocycles. The van der Waals surface area contributed by atoms with Crippen molar-refractivity contribution in [1.82, 2.24) is 0 Å². The van der Waals surface area contributed by atoms with Crippen LogP contribution in [0.25, 0.3) is 0 Å². The average molecular weight is 477 g/mol. The monoisotopic (exact) mass is 476 g/mol. The highest BCUT2D eigenvalue weighted by Crippen LogP contribution is 2.40. The van der Waals surface area contributed by atoms with Crippen LogP contribution in [0.2, 0.25) is 0 Å². The molecule has 1 heterocycles. The molecular formula is C28H32N2O3S. The molecule has 3 aromatic rings. The number of thiophene rings is 1. The Bertz CT molecular complexity index is 1120. The van der Waals surface area contributed by atoms with Gasteiger partial charge in [0.05, 0.1) is 12.2 Å². The molecule has 1 atom stereocenters. The second kappa shape index (κ2) is 11.3. The zero-order valence-electron chi connectivity index (χ0n) is 19.9. The van der Waals surface area contributed by atoms with Crippen LogP contribution in [-0.4, -0.2) is 18.4 Å². The summed E-state index contributed by atoms with van der Waals surface area (Å²) in [6, 6.07) is 16.6. The molecule has 178 valence electrons. The minimum Gasteiger partial charge on any atom is -0.494 e. The number of carbonyl (C=O) groups excluding carboxylic acids is 2. The predicted molar refractivity (Wildman–Crippen MR) is 139 cm³/mol. The molecule has 0 saturated carbocycles. The van der Waals surface area contributed by atoms with Gasteiger partial charge in [-0.05, 0) is 73.6 Å². The summed E-state index contributed by atoms with van der Waals surface area (Å²) >= 11 is 1.53. The van der Waals surface area contributed by atoms with Crippen LogP contribution in [0.15, 0.2) is 54.6 Å². The molecular weight excluding hydrogens is 444 g/mol. The van der Waals surface area contributed by atoms with Gasteiger partial charge in [-0.1, -0.05) is 44.9 Å². The zero-order valence-corrected chi connectivity index (χ0v) is 20.7. The number of rotatable bonds is 9. The summed E-state index contributed by atoms with van der Waals surface area (Å²) in [7, 11) is 0. The Kier molecular flexibility index (Phi) is 8.01. The average Bonchev–Trinajstić information content (AvgIpc) is 3.20. The summed E-state index contributed by atoms with van der Waals surface area (Å²) in [5, 5.41) is 6.66. The molecule has 5 nitrogen and oxygen atoms in total. The van der Waals surface area contributed by atoms with E-state index in [4.69, 9.17) is 4.74 Å². The lowest BCUT2D eigenvalue weighted by Crippen LogP contribution is -2.19. The standard InChI is InChI=1S/C28H32N2O3S/c1-3-4-8-17-33-22-14-12-21(13-15-22)29-27(32)25-23-16-11-19(2)18-24(23)34-28(25)30-26(31)20-9-6-5-7-10-20/h5-7,9-10,12-15,19H,3-4,8,11,16-18H2,1-2H3,(H,29,32)(H,30,31). The molecule has 0 spiro atoms. The Balaban J connectivity index is 1.51. The highest BCUT2D eigenvalue weighted by molar-refractivity contribution is 7.17. The quantitative estimate of drug-likeness (QED) is 0.329. The molecule has 2 aromatic carbocycles. The lowest BCUT2D eigenvalue weighted by atomic mass is 9.88. The lowest BCUT2D eigenvalue weighted by Gasteiger charge is -2.18. The van der Waals surface area contributed by atoms with Crippen LogP contribution < -0.4 is 15.4 Å². The fourth-order valence-electron chi connectivity index (χ4n) is 4.21. The third kappa shape index (κ3) is 5.86. The van der Waals surface area contributed by atoms with Crippen molar-refractivity contribution in [3.8, 4) is 5.75 Å². The summed E-state index contributed by atoms with van der Waals surface area (Å²) in [6.07, 6.45) is 6.18. The SMILES string of the molecule is CCCCCOc1ccc(NC(=O)c2c(NC(=O)c3ccccc3)sc3c2CCC(C)C3)cc1. The van der Waals surface area contributed by atoms with E-state index in [2.05, 4.69) is 24.5 Å². The van der Waals surface area contributed by atoms with Crippen molar-refractivity contribution < 1.29 is 14.3 Å². The first kappa shape index (κ1) is 24.0. The molecule has 4 rings (SSSR count). The minimum absolute atomic E-state index is 0.188. The number of benzene rings is 2. The van der Waals surface area contributed by atoms with Crippen LogP contribution in [-0.2, 0) is 12.8 Å². The smallest absolute Gasteiger partial charge is 0.258 e. The predicted octanol–water partition coefficient (Wildman–Crippen LogP) is 6.95. The van der Waals surface area contributed by atoms with Crippen LogP contribution >= 0.6 is 11.3 Å². The summed E-state index contributed by atoms with van der Waals surface area (Å²) < 4.78 is 5.77. The van der Waals surface area contributed by atoms with E-state index in [-0.39, 0.29) is 11.8 Å². The van der Waals surface area contributed by atoms with Gasteiger partial charge >= 0.3 is 0 Å². The van der Waals surface area contributed by atoms with E-state index in [1.54, 1.807) is 12.1 Å². The van der Waals surface area contributed by atoms with Crippen molar-refractivity contribution in [3.63, 3.8) is 0 Å². The van der Waals surface area contributed by atoms with E-state index in [0.717, 1.165) is 49.8 Å². The molecule has 0 aliphatic heterocycles. The van der Waals surface area contributed by atoms with E-state index < -0.39 is 0 Å². The summed E-state index contributed by atoms with van der Waals surface area (Å²) in [6.45, 7) is 5.10. The Morgan fingerprint density at radius 2 is 1.76 bits per heavy atom. The Hall–Kier alpha value is -3.12. The lowest BCUT2D eigenvalue weighted by molar-refractivity contribution is 0.102. The first-order valence-corrected chi connectivity index (χ1v) is 12.9. The van der Waals surface area contributed by atoms with Crippen molar-refractivity contribution in [2.75, 3.05) is 17.2 Å². The molecule has 2 amide bonds. The molecule has 0 saturated heterocycles. The van der Waals surface area contributed by atoms with Gasteiger partial charge in [0, 0.05) is 16.1 Å². The van der Waals surface area contributed by atoms with E-state index in [1.807, 2.05) is 42.5 Å². The number of amides is 2. The van der Waals surface area contributed by atoms with Gasteiger partial charge in [-0.2, -0.15) is 0 Å². The minimum atomic E-state index is -0.203. The molecule has 2 N–H and O–H groups in total. The van der Waals surface area contributed by atoms with Gasteiger partial charge in [-0.3, -0.25) is 9.59 Å². The van der Waals surface area contributed by atoms with Gasteiger partial charge in [0.25, 0.3) is 11.8 Å². The number of ether oxygens (including phenoxy) is 1. The summed E-state index contributed by atoms with van der Waals surface area (Å²) in [5.74, 6) is 0.981. The molecule has 1 unspecified atom stereocenters. The van der Waals surface area contributed by atoms with Gasteiger partial charge in [-0.15, -0.1) is 11.3 Å². The topological polar surface area (TPSA) is 67.4 Å². The fraction of sp³-hybridized carbons (Fsp3) is 0.357. The molecule has 34 heavy (non-hydrogen) atoms. The molecule has 1 aliphatic rings. The van der Waals surface area contributed by atoms with E-state index in [1.165, 1.54) is 16.2 Å². The molecule has 6 heteroatoms. The maximum absolute atomic E-state index is 13.4. The van der Waals surface area contributed by atoms with Crippen molar-refractivity contribution in [2.24, 2.45) is 5.92 Å². The number of nitrogens with one attached hydrogen (secondary N) is 2. The normalized spacial score (nSPS) is 14.8. The zero-order chi connectivity index (χ0) is 23.9. The van der Waals surface area contributed by atoms with Gasteiger partial charge < -0.3 is 15.4 Å². The summed E-state index contributed by atoms with van der Waals surface area (Å²) in [4.78, 5) is 27.4. The third-order valence-electron chi connectivity index (χ3n) is 6.13. The maximum atomic E-state index is 13.4. The van der Waals surface area contributed by atoms with E-state index >= 15 is 0 Å². The van der Waals surface area contributed by atoms with Crippen LogP contribution in [0.3, 0.4) is 0 Å². The number of hydrogen-bond donors (Lipinski definition) is 2. The number of fused-ring (bicyclic) bond motifs is 1. The third-order valence-corrected chi connectivity index (χ3v) is 7.30. The number of carbonyl (C=O) groups is 2. The van der Waals surface area contributed by atoms with Crippen molar-refractivity contribution >= 4 is 33.8 Å². The highest BCUT2D eigenvalue weighted by Gasteiger charge is 2.28. The van der Waals surface area contributed by atoms with Gasteiger partial charge in [0.2, 0.25) is 0 Å². The van der Waals surface area contributed by atoms with Crippen LogP contribution in [0, 0.1) is 5.92 Å². The molecule has 0 fully saturated rings. The van der Waals surface area contributed by atoms with E-state index in [9.17, 15) is 9.59 Å². The number of unbranched alkanes of at least 4 members (excludes halogenated alkanes) is 2. The highest BCUT2D eigenvalue weighted by atomic mass is 32.1. The second-order valence-electron chi connectivity index (χ2n) is 8.91. The van der Waals surface area contributed by atoms with Crippen molar-refractivity contribution in [3.05, 3.63) is 76.2 Å². The van der Waals surface area contributed by atoms with E-state index in [0.29, 0.717) is 34.3 Å². The van der Waals surface area contributed by atoms with Gasteiger partial charge in [-0.25, -0.2) is 0 Å². The largest absolute Gasteiger partial charge is 0.494 e. The van der Waals surface area contributed by atoms with Crippen LogP contribution in [0.4, 0.5) is 10.7 Å². The van der Waals surface area contributed by atoms with Crippen molar-refractivity contribution in [2.45, 2.75) is 52.4 Å². The molecule has 0 bridgehead atoms. The Morgan fingerprint density at radius 1 is 1.00 bits per heavy atom. The Morgan fingerprint density at radius 3 is 2.50 bits per heavy atom. The summed E-state index contributed by atoms with van der Waals surface area (Å²) in [5.41, 5.74) is 2.94. The number of hydrogen-bond acceptors (Lipinski definition) is 4. The van der Waals surface area contributed by atoms with Crippen LogP contribution in [0.1, 0.15) is 70.7 Å². The molecule has 0 radical (unpaired) electrons.